The number of carboxylic acid groups (broad SMARTS) is 2. The maximum absolute atomic E-state index is 12.1. The first-order valence-corrected chi connectivity index (χ1v) is 8.53. The fourth-order valence-electron chi connectivity index (χ4n) is 3.06. The number of hydrogen-bond acceptors (Lipinski definition) is 9. The second-order valence-electron chi connectivity index (χ2n) is 6.47. The number of nitrogens with zero attached hydrogens (tertiary/aromatic N) is 2. The Hall–Kier alpha value is -4.48. The van der Waals surface area contributed by atoms with Crippen LogP contribution in [0.4, 0.5) is 0 Å². The second-order valence-corrected chi connectivity index (χ2v) is 6.47. The van der Waals surface area contributed by atoms with Crippen LogP contribution in [0.1, 0.15) is 23.8 Å². The van der Waals surface area contributed by atoms with Crippen LogP contribution in [0.3, 0.4) is 0 Å². The van der Waals surface area contributed by atoms with Gasteiger partial charge in [-0.05, 0) is 30.7 Å². The SMILES string of the molecule is C[C@@]1(OC=O)CC(/C=C/n2c(C(=O)O)cc3c(=O)oc(OC=O)cc32)=CC(C(=O)O)=N1. The highest BCUT2D eigenvalue weighted by atomic mass is 16.6. The molecule has 0 aliphatic carbocycles. The number of allylic oxidation sites excluding steroid dienone is 1. The molecule has 0 saturated carbocycles. The van der Waals surface area contributed by atoms with Crippen molar-refractivity contribution in [2.24, 2.45) is 4.99 Å². The van der Waals surface area contributed by atoms with Crippen molar-refractivity contribution in [3.8, 4) is 5.95 Å². The van der Waals surface area contributed by atoms with Gasteiger partial charge in [0.1, 0.15) is 11.4 Å². The monoisotopic (exact) mass is 430 g/mol. The molecule has 31 heavy (non-hydrogen) atoms. The zero-order valence-electron chi connectivity index (χ0n) is 15.8. The van der Waals surface area contributed by atoms with E-state index in [0.717, 1.165) is 16.7 Å². The van der Waals surface area contributed by atoms with Crippen molar-refractivity contribution < 1.29 is 43.3 Å². The number of rotatable bonds is 8. The highest BCUT2D eigenvalue weighted by Gasteiger charge is 2.31. The summed E-state index contributed by atoms with van der Waals surface area (Å²) >= 11 is 0. The minimum atomic E-state index is -1.47. The lowest BCUT2D eigenvalue weighted by Crippen LogP contribution is -2.32. The van der Waals surface area contributed by atoms with Crippen LogP contribution in [0, 0.1) is 0 Å². The molecule has 0 radical (unpaired) electrons. The van der Waals surface area contributed by atoms with Gasteiger partial charge in [0, 0.05) is 18.7 Å². The van der Waals surface area contributed by atoms with Gasteiger partial charge >= 0.3 is 24.0 Å². The lowest BCUT2D eigenvalue weighted by atomic mass is 9.99. The molecule has 1 atom stereocenters. The van der Waals surface area contributed by atoms with Crippen LogP contribution in [0.15, 0.2) is 44.1 Å². The Bertz CT molecular complexity index is 1250. The summed E-state index contributed by atoms with van der Waals surface area (Å²) in [7, 11) is 0. The summed E-state index contributed by atoms with van der Waals surface area (Å²) in [6, 6.07) is 2.23. The molecule has 2 N–H and O–H groups in total. The fraction of sp³-hybridized carbons (Fsp3) is 0.158. The largest absolute Gasteiger partial charge is 0.477 e. The molecular weight excluding hydrogens is 416 g/mol. The second kappa shape index (κ2) is 8.10. The molecule has 3 heterocycles. The maximum atomic E-state index is 12.1. The van der Waals surface area contributed by atoms with Gasteiger partial charge < -0.3 is 28.7 Å². The van der Waals surface area contributed by atoms with Gasteiger partial charge in [0.15, 0.2) is 0 Å². The third-order valence-corrected chi connectivity index (χ3v) is 4.30. The van der Waals surface area contributed by atoms with E-state index >= 15 is 0 Å². The van der Waals surface area contributed by atoms with Crippen molar-refractivity contribution in [2.75, 3.05) is 0 Å². The summed E-state index contributed by atoms with van der Waals surface area (Å²) < 4.78 is 15.3. The number of fused-ring (bicyclic) bond motifs is 1. The Balaban J connectivity index is 2.12. The predicted molar refractivity (Wildman–Crippen MR) is 103 cm³/mol. The molecule has 1 aliphatic heterocycles. The average Bonchev–Trinajstić information content (AvgIpc) is 3.05. The third kappa shape index (κ3) is 4.27. The van der Waals surface area contributed by atoms with E-state index in [0.29, 0.717) is 5.57 Å². The van der Waals surface area contributed by atoms with Gasteiger partial charge in [0.2, 0.25) is 5.72 Å². The normalized spacial score (nSPS) is 18.4. The van der Waals surface area contributed by atoms with Gasteiger partial charge in [0.25, 0.3) is 12.4 Å². The molecular formula is C19H14N2O10. The van der Waals surface area contributed by atoms with Gasteiger partial charge in [0.05, 0.1) is 10.9 Å². The molecule has 0 unspecified atom stereocenters. The molecule has 0 spiro atoms. The predicted octanol–water partition coefficient (Wildman–Crippen LogP) is 1.04. The Kier molecular flexibility index (Phi) is 5.55. The zero-order chi connectivity index (χ0) is 22.8. The first-order chi connectivity index (χ1) is 14.7. The number of aliphatic carboxylic acids is 1. The van der Waals surface area contributed by atoms with Crippen LogP contribution in [0.5, 0.6) is 5.95 Å². The first kappa shape index (κ1) is 21.2. The van der Waals surface area contributed by atoms with Crippen LogP contribution in [-0.4, -0.2) is 51.1 Å². The highest BCUT2D eigenvalue weighted by molar-refractivity contribution is 6.40. The summed E-state index contributed by atoms with van der Waals surface area (Å²) in [5.74, 6) is -3.16. The van der Waals surface area contributed by atoms with Gasteiger partial charge in [-0.3, -0.25) is 9.59 Å². The summed E-state index contributed by atoms with van der Waals surface area (Å²) in [5.41, 5.74) is -2.65. The Morgan fingerprint density at radius 1 is 1.23 bits per heavy atom. The molecule has 3 rings (SSSR count). The molecule has 0 bridgehead atoms. The Morgan fingerprint density at radius 3 is 2.58 bits per heavy atom. The summed E-state index contributed by atoms with van der Waals surface area (Å²) in [6.07, 6.45) is 3.89. The molecule has 2 aromatic rings. The zero-order valence-corrected chi connectivity index (χ0v) is 15.8. The van der Waals surface area contributed by atoms with Crippen LogP contribution in [-0.2, 0) is 19.1 Å². The number of hydrogen-bond donors (Lipinski definition) is 2. The number of carboxylic acids is 2. The van der Waals surface area contributed by atoms with Gasteiger partial charge in [-0.1, -0.05) is 0 Å². The molecule has 0 aromatic carbocycles. The van der Waals surface area contributed by atoms with Crippen molar-refractivity contribution in [3.63, 3.8) is 0 Å². The summed E-state index contributed by atoms with van der Waals surface area (Å²) in [4.78, 5) is 60.3. The van der Waals surface area contributed by atoms with E-state index in [-0.39, 0.29) is 41.7 Å². The van der Waals surface area contributed by atoms with E-state index < -0.39 is 29.2 Å². The third-order valence-electron chi connectivity index (χ3n) is 4.30. The quantitative estimate of drug-likeness (QED) is 0.576. The lowest BCUT2D eigenvalue weighted by Gasteiger charge is -2.27. The van der Waals surface area contributed by atoms with Gasteiger partial charge in [-0.15, -0.1) is 0 Å². The fourth-order valence-corrected chi connectivity index (χ4v) is 3.06. The number of dihydropyridines is 1. The highest BCUT2D eigenvalue weighted by Crippen LogP contribution is 2.28. The molecule has 12 nitrogen and oxygen atoms in total. The molecule has 160 valence electrons. The molecule has 0 fully saturated rings. The van der Waals surface area contributed by atoms with Crippen molar-refractivity contribution in [2.45, 2.75) is 19.1 Å². The number of aromatic nitrogens is 1. The Labute approximate surface area is 172 Å². The Morgan fingerprint density at radius 2 is 1.97 bits per heavy atom. The van der Waals surface area contributed by atoms with Crippen molar-refractivity contribution in [1.29, 1.82) is 0 Å². The van der Waals surface area contributed by atoms with Gasteiger partial charge in [-0.2, -0.15) is 0 Å². The molecule has 12 heteroatoms. The van der Waals surface area contributed by atoms with E-state index in [2.05, 4.69) is 9.73 Å². The maximum Gasteiger partial charge on any atom is 0.354 e. The summed E-state index contributed by atoms with van der Waals surface area (Å²) in [5, 5.41) is 18.7. The van der Waals surface area contributed by atoms with Crippen LogP contribution < -0.4 is 10.4 Å². The topological polar surface area (TPSA) is 175 Å². The number of ether oxygens (including phenoxy) is 2. The van der Waals surface area contributed by atoms with Crippen molar-refractivity contribution in [1.82, 2.24) is 4.57 Å². The molecule has 1 aliphatic rings. The number of carbonyl (C=O) groups is 4. The van der Waals surface area contributed by atoms with Crippen LogP contribution in [0.25, 0.3) is 17.1 Å². The average molecular weight is 430 g/mol. The first-order valence-electron chi connectivity index (χ1n) is 8.53. The van der Waals surface area contributed by atoms with E-state index in [1.807, 2.05) is 0 Å². The minimum absolute atomic E-state index is 0.00225. The minimum Gasteiger partial charge on any atom is -0.477 e. The molecule has 2 aromatic heterocycles. The smallest absolute Gasteiger partial charge is 0.354 e. The number of aliphatic imine (C=N–C) groups is 1. The standard InChI is InChI=1S/C19H14N2O10/c1-19(30-9-23)7-10(4-12(20-19)16(24)25)2-3-21-13-6-15(29-8-22)31-18(28)11(13)5-14(21)17(26)27/h2-6,8-9H,7H2,1H3,(H,24,25)(H,26,27)/b3-2+/t19-/m1/s1. The van der Waals surface area contributed by atoms with Crippen LogP contribution in [0.2, 0.25) is 0 Å². The van der Waals surface area contributed by atoms with Crippen molar-refractivity contribution >= 4 is 47.7 Å². The molecule has 0 amide bonds. The number of carbonyl (C=O) groups excluding carboxylic acids is 2. The van der Waals surface area contributed by atoms with E-state index in [1.54, 1.807) is 0 Å². The lowest BCUT2D eigenvalue weighted by molar-refractivity contribution is -0.141. The van der Waals surface area contributed by atoms with Gasteiger partial charge in [-0.25, -0.2) is 19.4 Å². The van der Waals surface area contributed by atoms with E-state index in [1.165, 1.54) is 25.3 Å². The van der Waals surface area contributed by atoms with Crippen LogP contribution >= 0.6 is 0 Å². The van der Waals surface area contributed by atoms with Crippen molar-refractivity contribution in [3.05, 3.63) is 46.0 Å². The summed E-state index contributed by atoms with van der Waals surface area (Å²) in [6.45, 7) is 1.59. The number of aromatic carboxylic acids is 1. The molecule has 0 saturated heterocycles. The van der Waals surface area contributed by atoms with E-state index in [9.17, 15) is 34.2 Å². The van der Waals surface area contributed by atoms with E-state index in [4.69, 9.17) is 9.15 Å².